The number of thioether (sulfide) groups is 1. The molecule has 0 aliphatic carbocycles. The van der Waals surface area contributed by atoms with E-state index in [0.717, 1.165) is 39.8 Å². The minimum absolute atomic E-state index is 0.521. The molecule has 0 saturated heterocycles. The molecule has 2 heterocycles. The average molecular weight is 398 g/mol. The highest BCUT2D eigenvalue weighted by molar-refractivity contribution is 7.99. The molecule has 0 saturated carbocycles. The van der Waals surface area contributed by atoms with Gasteiger partial charge in [-0.05, 0) is 24.6 Å². The fraction of sp³-hybridized carbons (Fsp3) is 0.150. The number of aryl methyl sites for hydroxylation is 2. The van der Waals surface area contributed by atoms with Gasteiger partial charge in [-0.2, -0.15) is 0 Å². The van der Waals surface area contributed by atoms with Crippen molar-refractivity contribution in [3.8, 4) is 11.3 Å². The molecule has 138 valence electrons. The maximum absolute atomic E-state index is 12.5. The maximum Gasteiger partial charge on any atom is 0.255 e. The van der Waals surface area contributed by atoms with E-state index in [-0.39, 0.29) is 0 Å². The zero-order valence-electron chi connectivity index (χ0n) is 14.8. The Labute approximate surface area is 163 Å². The largest absolute Gasteiger partial charge is 0.325 e. The average Bonchev–Trinajstić information content (AvgIpc) is 3.23. The van der Waals surface area contributed by atoms with Gasteiger partial charge in [0.1, 0.15) is 0 Å². The molecule has 0 atom stereocenters. The van der Waals surface area contributed by atoms with Crippen LogP contribution in [0.25, 0.3) is 17.3 Å². The number of nitrogens with one attached hydrogen (secondary N) is 1. The number of fused-ring (bicyclic) bond motifs is 1. The highest BCUT2D eigenvalue weighted by Crippen LogP contribution is 2.32. The van der Waals surface area contributed by atoms with Crippen molar-refractivity contribution >= 4 is 33.5 Å². The van der Waals surface area contributed by atoms with E-state index in [1.807, 2.05) is 55.6 Å². The quantitative estimate of drug-likeness (QED) is 0.694. The fourth-order valence-corrected chi connectivity index (χ4v) is 4.70. The number of hydrogen-bond donors (Lipinski definition) is 1. The van der Waals surface area contributed by atoms with E-state index in [2.05, 4.69) is 14.3 Å². The third-order valence-corrected chi connectivity index (χ3v) is 6.25. The van der Waals surface area contributed by atoms with E-state index in [9.17, 15) is 8.42 Å². The van der Waals surface area contributed by atoms with Crippen LogP contribution in [0.2, 0.25) is 0 Å². The molecule has 0 spiro atoms. The van der Waals surface area contributed by atoms with Crippen LogP contribution in [0.15, 0.2) is 65.3 Å². The second-order valence-corrected chi connectivity index (χ2v) is 8.99. The minimum Gasteiger partial charge on any atom is -0.325 e. The molecule has 1 aliphatic rings. The van der Waals surface area contributed by atoms with Crippen molar-refractivity contribution in [2.24, 2.45) is 0 Å². The summed E-state index contributed by atoms with van der Waals surface area (Å²) in [5, 5.41) is 2.17. The van der Waals surface area contributed by atoms with Crippen LogP contribution in [0.4, 0.5) is 5.69 Å². The molecule has 1 N–H and O–H groups in total. The second kappa shape index (κ2) is 7.25. The van der Waals surface area contributed by atoms with Gasteiger partial charge in [-0.1, -0.05) is 59.8 Å². The zero-order valence-corrected chi connectivity index (χ0v) is 16.4. The molecular formula is C20H19N3O2S2. The molecule has 5 nitrogen and oxygen atoms in total. The zero-order chi connectivity index (χ0) is 18.9. The van der Waals surface area contributed by atoms with Crippen LogP contribution in [-0.2, 0) is 16.6 Å². The summed E-state index contributed by atoms with van der Waals surface area (Å²) in [6.45, 7) is 2.92. The van der Waals surface area contributed by atoms with Gasteiger partial charge < -0.3 is 4.57 Å². The van der Waals surface area contributed by atoms with Gasteiger partial charge in [0.2, 0.25) is 0 Å². The third kappa shape index (κ3) is 4.09. The fourth-order valence-electron chi connectivity index (χ4n) is 2.87. The smallest absolute Gasteiger partial charge is 0.255 e. The van der Waals surface area contributed by atoms with Gasteiger partial charge in [-0.25, -0.2) is 13.4 Å². The first-order valence-corrected chi connectivity index (χ1v) is 11.1. The van der Waals surface area contributed by atoms with Crippen molar-refractivity contribution in [2.75, 3.05) is 10.5 Å². The minimum atomic E-state index is -3.64. The number of nitrogens with zero attached hydrogens (tertiary/aromatic N) is 2. The van der Waals surface area contributed by atoms with Crippen molar-refractivity contribution in [3.05, 3.63) is 71.3 Å². The van der Waals surface area contributed by atoms with Crippen molar-refractivity contribution in [1.29, 1.82) is 0 Å². The van der Waals surface area contributed by atoms with E-state index in [1.165, 1.54) is 5.41 Å². The number of anilines is 1. The summed E-state index contributed by atoms with van der Waals surface area (Å²) in [5.41, 5.74) is 4.03. The van der Waals surface area contributed by atoms with Crippen molar-refractivity contribution in [1.82, 2.24) is 9.55 Å². The molecule has 2 aromatic carbocycles. The molecule has 27 heavy (non-hydrogen) atoms. The number of aromatic nitrogens is 2. The second-order valence-electron chi connectivity index (χ2n) is 6.36. The van der Waals surface area contributed by atoms with Gasteiger partial charge in [-0.3, -0.25) is 4.72 Å². The number of imidazole rings is 1. The summed E-state index contributed by atoms with van der Waals surface area (Å²) >= 11 is 1.71. The number of hydrogen-bond acceptors (Lipinski definition) is 4. The normalized spacial score (nSPS) is 13.8. The van der Waals surface area contributed by atoms with Gasteiger partial charge in [0, 0.05) is 24.1 Å². The Kier molecular flexibility index (Phi) is 4.80. The Bertz CT molecular complexity index is 1080. The van der Waals surface area contributed by atoms with Crippen LogP contribution < -0.4 is 4.72 Å². The number of benzene rings is 2. The predicted molar refractivity (Wildman–Crippen MR) is 111 cm³/mol. The third-order valence-electron chi connectivity index (χ3n) is 4.28. The van der Waals surface area contributed by atoms with Crippen LogP contribution in [0, 0.1) is 6.92 Å². The molecule has 0 fully saturated rings. The topological polar surface area (TPSA) is 64.0 Å². The lowest BCUT2D eigenvalue weighted by atomic mass is 10.1. The lowest BCUT2D eigenvalue weighted by molar-refractivity contribution is 0.609. The van der Waals surface area contributed by atoms with Crippen LogP contribution in [0.5, 0.6) is 0 Å². The Morgan fingerprint density at radius 1 is 1.15 bits per heavy atom. The number of rotatable bonds is 5. The predicted octanol–water partition coefficient (Wildman–Crippen LogP) is 4.38. The van der Waals surface area contributed by atoms with Crippen LogP contribution in [0.1, 0.15) is 11.1 Å². The molecular weight excluding hydrogens is 378 g/mol. The summed E-state index contributed by atoms with van der Waals surface area (Å²) in [6, 6.07) is 15.0. The summed E-state index contributed by atoms with van der Waals surface area (Å²) < 4.78 is 29.8. The van der Waals surface area contributed by atoms with Crippen molar-refractivity contribution < 1.29 is 8.42 Å². The van der Waals surface area contributed by atoms with Crippen LogP contribution >= 0.6 is 11.8 Å². The molecule has 7 heteroatoms. The molecule has 1 aliphatic heterocycles. The van der Waals surface area contributed by atoms with E-state index in [0.29, 0.717) is 5.69 Å². The van der Waals surface area contributed by atoms with E-state index >= 15 is 0 Å². The highest BCUT2D eigenvalue weighted by Gasteiger charge is 2.18. The van der Waals surface area contributed by atoms with Crippen LogP contribution in [0.3, 0.4) is 0 Å². The Morgan fingerprint density at radius 2 is 1.93 bits per heavy atom. The van der Waals surface area contributed by atoms with Crippen LogP contribution in [-0.4, -0.2) is 23.7 Å². The first-order chi connectivity index (χ1) is 13.0. The Morgan fingerprint density at radius 3 is 2.70 bits per heavy atom. The summed E-state index contributed by atoms with van der Waals surface area (Å²) in [5.74, 6) is 1.03. The highest BCUT2D eigenvalue weighted by atomic mass is 32.2. The monoisotopic (exact) mass is 397 g/mol. The van der Waals surface area contributed by atoms with Gasteiger partial charge in [0.15, 0.2) is 5.16 Å². The summed E-state index contributed by atoms with van der Waals surface area (Å²) in [4.78, 5) is 4.63. The molecule has 1 aromatic heterocycles. The van der Waals surface area contributed by atoms with Gasteiger partial charge in [-0.15, -0.1) is 0 Å². The van der Waals surface area contributed by atoms with E-state index in [4.69, 9.17) is 0 Å². The molecule has 0 radical (unpaired) electrons. The molecule has 0 unspecified atom stereocenters. The summed E-state index contributed by atoms with van der Waals surface area (Å²) in [6.07, 6.45) is 3.57. The molecule has 0 amide bonds. The first-order valence-electron chi connectivity index (χ1n) is 8.57. The standard InChI is InChI=1S/C20H19N3O2S2/c1-15-6-8-16(9-7-15)10-13-27(24,25)22-18-5-3-2-4-17(18)19-14-23-11-12-26-20(23)21-19/h2-10,13-14,22H,11-12H2,1H3/b13-10+. The molecule has 0 bridgehead atoms. The van der Waals surface area contributed by atoms with Crippen molar-refractivity contribution in [2.45, 2.75) is 18.6 Å². The Hall–Kier alpha value is -2.51. The first kappa shape index (κ1) is 17.9. The van der Waals surface area contributed by atoms with E-state index in [1.54, 1.807) is 23.9 Å². The molecule has 3 aromatic rings. The number of sulfonamides is 1. The lowest BCUT2D eigenvalue weighted by Crippen LogP contribution is -2.09. The van der Waals surface area contributed by atoms with Gasteiger partial charge in [0.05, 0.1) is 16.8 Å². The van der Waals surface area contributed by atoms with Gasteiger partial charge >= 0.3 is 0 Å². The van der Waals surface area contributed by atoms with Crippen molar-refractivity contribution in [3.63, 3.8) is 0 Å². The van der Waals surface area contributed by atoms with Gasteiger partial charge in [0.25, 0.3) is 10.0 Å². The molecule has 4 rings (SSSR count). The lowest BCUT2D eigenvalue weighted by Gasteiger charge is -2.09. The van der Waals surface area contributed by atoms with E-state index < -0.39 is 10.0 Å². The number of para-hydroxylation sites is 1. The Balaban J connectivity index is 1.59. The summed E-state index contributed by atoms with van der Waals surface area (Å²) in [7, 11) is -3.64. The SMILES string of the molecule is Cc1ccc(/C=C/S(=O)(=O)Nc2ccccc2-c2cn3c(n2)SCC3)cc1. The maximum atomic E-state index is 12.5.